The zero-order valence-electron chi connectivity index (χ0n) is 10.6. The van der Waals surface area contributed by atoms with E-state index in [9.17, 15) is 0 Å². The molecule has 1 aliphatic heterocycles. The Labute approximate surface area is 118 Å². The SMILES string of the molecule is ClCC/C=C1\c2ccccc2COc2ccccc21. The molecular weight excluding hydrogens is 256 g/mol. The molecule has 0 bridgehead atoms. The minimum atomic E-state index is 0.616. The monoisotopic (exact) mass is 270 g/mol. The van der Waals surface area contributed by atoms with E-state index in [1.54, 1.807) is 0 Å². The number of hydrogen-bond acceptors (Lipinski definition) is 1. The van der Waals surface area contributed by atoms with Crippen molar-refractivity contribution in [1.29, 1.82) is 0 Å². The Morgan fingerprint density at radius 3 is 2.58 bits per heavy atom. The van der Waals surface area contributed by atoms with Gasteiger partial charge >= 0.3 is 0 Å². The van der Waals surface area contributed by atoms with E-state index in [1.807, 2.05) is 18.2 Å². The minimum absolute atomic E-state index is 0.616. The molecule has 0 atom stereocenters. The van der Waals surface area contributed by atoms with Gasteiger partial charge in [-0.25, -0.2) is 0 Å². The number of hydrogen-bond donors (Lipinski definition) is 0. The van der Waals surface area contributed by atoms with Crippen molar-refractivity contribution in [1.82, 2.24) is 0 Å². The molecule has 0 unspecified atom stereocenters. The van der Waals surface area contributed by atoms with Gasteiger partial charge in [-0.05, 0) is 29.2 Å². The third kappa shape index (κ3) is 2.39. The van der Waals surface area contributed by atoms with E-state index in [0.29, 0.717) is 12.5 Å². The maximum absolute atomic E-state index is 5.91. The first-order chi connectivity index (χ1) is 9.40. The lowest BCUT2D eigenvalue weighted by molar-refractivity contribution is 0.307. The summed E-state index contributed by atoms with van der Waals surface area (Å²) in [6.45, 7) is 0.616. The highest BCUT2D eigenvalue weighted by molar-refractivity contribution is 6.18. The quantitative estimate of drug-likeness (QED) is 0.723. The fourth-order valence-electron chi connectivity index (χ4n) is 2.44. The summed E-state index contributed by atoms with van der Waals surface area (Å²) < 4.78 is 5.91. The van der Waals surface area contributed by atoms with Crippen molar-refractivity contribution in [2.45, 2.75) is 13.0 Å². The van der Waals surface area contributed by atoms with Gasteiger partial charge in [0.05, 0.1) is 0 Å². The molecule has 0 aromatic heterocycles. The van der Waals surface area contributed by atoms with Gasteiger partial charge in [-0.3, -0.25) is 0 Å². The molecule has 1 aliphatic rings. The molecule has 0 N–H and O–H groups in total. The maximum atomic E-state index is 5.91. The largest absolute Gasteiger partial charge is 0.488 e. The van der Waals surface area contributed by atoms with Crippen molar-refractivity contribution in [3.05, 3.63) is 71.3 Å². The number of alkyl halides is 1. The molecule has 0 aliphatic carbocycles. The van der Waals surface area contributed by atoms with Crippen LogP contribution in [0, 0.1) is 0 Å². The number of halogens is 1. The average molecular weight is 271 g/mol. The van der Waals surface area contributed by atoms with Gasteiger partial charge in [0.1, 0.15) is 12.4 Å². The fourth-order valence-corrected chi connectivity index (χ4v) is 2.55. The van der Waals surface area contributed by atoms with Gasteiger partial charge in [-0.15, -0.1) is 11.6 Å². The molecule has 96 valence electrons. The van der Waals surface area contributed by atoms with Gasteiger partial charge in [-0.1, -0.05) is 48.5 Å². The van der Waals surface area contributed by atoms with Crippen molar-refractivity contribution in [3.63, 3.8) is 0 Å². The summed E-state index contributed by atoms with van der Waals surface area (Å²) >= 11 is 5.84. The molecule has 3 rings (SSSR count). The lowest BCUT2D eigenvalue weighted by Crippen LogP contribution is -1.94. The number of rotatable bonds is 2. The van der Waals surface area contributed by atoms with E-state index in [2.05, 4.69) is 36.4 Å². The predicted octanol–water partition coefficient (Wildman–Crippen LogP) is 4.64. The summed E-state index contributed by atoms with van der Waals surface area (Å²) in [5.74, 6) is 1.58. The second-order valence-corrected chi connectivity index (χ2v) is 4.92. The van der Waals surface area contributed by atoms with Crippen LogP contribution in [-0.2, 0) is 6.61 Å². The second-order valence-electron chi connectivity index (χ2n) is 4.54. The number of benzene rings is 2. The highest BCUT2D eigenvalue weighted by atomic mass is 35.5. The summed E-state index contributed by atoms with van der Waals surface area (Å²) in [7, 11) is 0. The average Bonchev–Trinajstić information content (AvgIpc) is 2.62. The summed E-state index contributed by atoms with van der Waals surface area (Å²) in [5, 5.41) is 0. The van der Waals surface area contributed by atoms with Gasteiger partial charge < -0.3 is 4.74 Å². The molecule has 2 aromatic rings. The Morgan fingerprint density at radius 2 is 1.74 bits per heavy atom. The molecule has 19 heavy (non-hydrogen) atoms. The van der Waals surface area contributed by atoms with Crippen LogP contribution in [0.1, 0.15) is 23.1 Å². The van der Waals surface area contributed by atoms with E-state index in [0.717, 1.165) is 17.7 Å². The minimum Gasteiger partial charge on any atom is -0.488 e. The van der Waals surface area contributed by atoms with Crippen LogP contribution >= 0.6 is 11.6 Å². The van der Waals surface area contributed by atoms with Crippen LogP contribution in [0.2, 0.25) is 0 Å². The van der Waals surface area contributed by atoms with E-state index >= 15 is 0 Å². The van der Waals surface area contributed by atoms with Crippen molar-refractivity contribution in [2.75, 3.05) is 5.88 Å². The van der Waals surface area contributed by atoms with Crippen LogP contribution in [0.3, 0.4) is 0 Å². The summed E-state index contributed by atoms with van der Waals surface area (Å²) in [5.41, 5.74) is 4.85. The molecule has 0 amide bonds. The number of ether oxygens (including phenoxy) is 1. The lowest BCUT2D eigenvalue weighted by atomic mass is 9.94. The molecule has 0 saturated heterocycles. The third-order valence-electron chi connectivity index (χ3n) is 3.33. The van der Waals surface area contributed by atoms with Gasteiger partial charge in [0.25, 0.3) is 0 Å². The van der Waals surface area contributed by atoms with E-state index in [4.69, 9.17) is 16.3 Å². The first-order valence-corrected chi connectivity index (χ1v) is 7.00. The van der Waals surface area contributed by atoms with Crippen molar-refractivity contribution in [2.24, 2.45) is 0 Å². The summed E-state index contributed by atoms with van der Waals surface area (Å²) in [6.07, 6.45) is 3.07. The number of fused-ring (bicyclic) bond motifs is 2. The molecule has 0 fully saturated rings. The van der Waals surface area contributed by atoms with Gasteiger partial charge in [-0.2, -0.15) is 0 Å². The van der Waals surface area contributed by atoms with Gasteiger partial charge in [0.2, 0.25) is 0 Å². The Bertz CT molecular complexity index is 567. The predicted molar refractivity (Wildman–Crippen MR) is 79.6 cm³/mol. The Morgan fingerprint density at radius 1 is 1.00 bits per heavy atom. The number of para-hydroxylation sites is 1. The highest BCUT2D eigenvalue weighted by Crippen LogP contribution is 2.36. The van der Waals surface area contributed by atoms with Crippen LogP contribution in [0.25, 0.3) is 5.57 Å². The first-order valence-electron chi connectivity index (χ1n) is 6.47. The molecule has 0 radical (unpaired) electrons. The fraction of sp³-hybridized carbons (Fsp3) is 0.176. The number of allylic oxidation sites excluding steroid dienone is 1. The Hall–Kier alpha value is -1.73. The molecule has 0 spiro atoms. The van der Waals surface area contributed by atoms with Crippen LogP contribution < -0.4 is 4.74 Å². The van der Waals surface area contributed by atoms with Crippen molar-refractivity contribution >= 4 is 17.2 Å². The normalized spacial score (nSPS) is 15.3. The molecular formula is C17H15ClO. The van der Waals surface area contributed by atoms with Crippen molar-refractivity contribution in [3.8, 4) is 5.75 Å². The van der Waals surface area contributed by atoms with Crippen LogP contribution in [0.4, 0.5) is 0 Å². The van der Waals surface area contributed by atoms with Crippen LogP contribution in [0.15, 0.2) is 54.6 Å². The van der Waals surface area contributed by atoms with Crippen molar-refractivity contribution < 1.29 is 4.74 Å². The lowest BCUT2D eigenvalue weighted by Gasteiger charge is -2.09. The van der Waals surface area contributed by atoms with E-state index < -0.39 is 0 Å². The Balaban J connectivity index is 2.19. The third-order valence-corrected chi connectivity index (χ3v) is 3.54. The zero-order chi connectivity index (χ0) is 13.1. The first kappa shape index (κ1) is 12.3. The summed E-state index contributed by atoms with van der Waals surface area (Å²) in [4.78, 5) is 0. The highest BCUT2D eigenvalue weighted by Gasteiger charge is 2.17. The molecule has 1 heterocycles. The van der Waals surface area contributed by atoms with Crippen LogP contribution in [0.5, 0.6) is 5.75 Å². The molecule has 0 saturated carbocycles. The second kappa shape index (κ2) is 5.50. The standard InChI is InChI=1S/C17H15ClO/c18-11-5-9-15-14-7-2-1-6-13(14)12-19-17-10-4-3-8-16(15)17/h1-4,6-10H,5,11-12H2/b15-9+. The Kier molecular flexibility index (Phi) is 3.56. The van der Waals surface area contributed by atoms with Gasteiger partial charge in [0, 0.05) is 11.4 Å². The maximum Gasteiger partial charge on any atom is 0.127 e. The smallest absolute Gasteiger partial charge is 0.127 e. The van der Waals surface area contributed by atoms with Gasteiger partial charge in [0.15, 0.2) is 0 Å². The molecule has 2 aromatic carbocycles. The molecule has 2 heteroatoms. The van der Waals surface area contributed by atoms with E-state index in [-0.39, 0.29) is 0 Å². The summed E-state index contributed by atoms with van der Waals surface area (Å²) in [6, 6.07) is 16.6. The zero-order valence-corrected chi connectivity index (χ0v) is 11.4. The molecule has 1 nitrogen and oxygen atoms in total. The van der Waals surface area contributed by atoms with Crippen LogP contribution in [-0.4, -0.2) is 5.88 Å². The topological polar surface area (TPSA) is 9.23 Å². The van der Waals surface area contributed by atoms with E-state index in [1.165, 1.54) is 16.7 Å².